The van der Waals surface area contributed by atoms with E-state index in [2.05, 4.69) is 15.0 Å². The van der Waals surface area contributed by atoms with Crippen LogP contribution in [-0.2, 0) is 11.1 Å². The number of nitrogens with zero attached hydrogens (tertiary/aromatic N) is 3. The van der Waals surface area contributed by atoms with Gasteiger partial charge in [0.05, 0.1) is 10.7 Å². The first kappa shape index (κ1) is 26.0. The fraction of sp³-hybridized carbons (Fsp3) is 0.276. The number of aromatic nitrogens is 1. The summed E-state index contributed by atoms with van der Waals surface area (Å²) in [6.07, 6.45) is 4.80. The van der Waals surface area contributed by atoms with Gasteiger partial charge in [0.1, 0.15) is 0 Å². The number of hydrogen-bond donors (Lipinski definition) is 2. The minimum Gasteiger partial charge on any atom is -0.336 e. The van der Waals surface area contributed by atoms with Gasteiger partial charge in [0.15, 0.2) is 5.78 Å². The van der Waals surface area contributed by atoms with Gasteiger partial charge in [0.25, 0.3) is 5.91 Å². The highest BCUT2D eigenvalue weighted by molar-refractivity contribution is 7.69. The normalized spacial score (nSPS) is 17.2. The van der Waals surface area contributed by atoms with E-state index in [1.54, 1.807) is 37.4 Å². The van der Waals surface area contributed by atoms with Crippen molar-refractivity contribution >= 4 is 36.3 Å². The lowest BCUT2D eigenvalue weighted by molar-refractivity contribution is 0.0628. The summed E-state index contributed by atoms with van der Waals surface area (Å²) >= 11 is 0. The molecule has 38 heavy (non-hydrogen) atoms. The van der Waals surface area contributed by atoms with E-state index in [1.807, 2.05) is 47.4 Å². The van der Waals surface area contributed by atoms with Crippen LogP contribution < -0.4 is 15.7 Å². The Morgan fingerprint density at radius 3 is 2.47 bits per heavy atom. The molecule has 2 aliphatic rings. The van der Waals surface area contributed by atoms with Crippen LogP contribution in [0.25, 0.3) is 11.4 Å². The number of fused-ring (bicyclic) bond motifs is 1. The van der Waals surface area contributed by atoms with Crippen LogP contribution in [-0.4, -0.2) is 57.5 Å². The first-order chi connectivity index (χ1) is 18.3. The monoisotopic (exact) mass is 530 g/mol. The predicted molar refractivity (Wildman–Crippen MR) is 148 cm³/mol. The minimum atomic E-state index is -3.87. The van der Waals surface area contributed by atoms with Crippen LogP contribution in [0.4, 0.5) is 5.69 Å². The quantitative estimate of drug-likeness (QED) is 0.357. The van der Waals surface area contributed by atoms with Crippen LogP contribution in [0.5, 0.6) is 0 Å². The summed E-state index contributed by atoms with van der Waals surface area (Å²) in [6, 6.07) is 18.1. The molecule has 0 spiro atoms. The molecular formula is C29H31N4O4P. The van der Waals surface area contributed by atoms with Crippen molar-refractivity contribution in [1.29, 1.82) is 0 Å². The van der Waals surface area contributed by atoms with Gasteiger partial charge in [-0.25, -0.2) is 0 Å². The molecule has 1 amide bonds. The summed E-state index contributed by atoms with van der Waals surface area (Å²) in [5, 5.41) is 4.63. The van der Waals surface area contributed by atoms with Crippen molar-refractivity contribution in [2.45, 2.75) is 26.3 Å². The van der Waals surface area contributed by atoms with Crippen LogP contribution in [0.2, 0.25) is 0 Å². The van der Waals surface area contributed by atoms with Gasteiger partial charge in [-0.05, 0) is 60.9 Å². The molecule has 1 unspecified atom stereocenters. The van der Waals surface area contributed by atoms with Gasteiger partial charge in [0.2, 0.25) is 0 Å². The average Bonchev–Trinajstić information content (AvgIpc) is 2.93. The molecule has 1 saturated heterocycles. The molecule has 196 valence electrons. The SMILES string of the molecule is CC(=O)c1ccccc1CN1CCN(C(=O)c2ccc(NP(=O)(O)C3=c4ncccc4=CCC3)cc2)CC1. The molecule has 1 aliphatic heterocycles. The number of amides is 1. The molecular weight excluding hydrogens is 499 g/mol. The molecule has 5 rings (SSSR count). The predicted octanol–water partition coefficient (Wildman–Crippen LogP) is 3.22. The number of carbonyl (C=O) groups excluding carboxylic acids is 2. The molecule has 9 heteroatoms. The molecule has 1 aliphatic carbocycles. The van der Waals surface area contributed by atoms with E-state index in [-0.39, 0.29) is 11.7 Å². The molecule has 1 atom stereocenters. The zero-order chi connectivity index (χ0) is 26.7. The number of nitrogens with one attached hydrogen (secondary N) is 1. The molecule has 0 saturated carbocycles. The second-order valence-electron chi connectivity index (χ2n) is 9.68. The average molecular weight is 531 g/mol. The Labute approximate surface area is 221 Å². The molecule has 2 aromatic carbocycles. The molecule has 8 nitrogen and oxygen atoms in total. The molecule has 1 fully saturated rings. The van der Waals surface area contributed by atoms with E-state index >= 15 is 0 Å². The highest BCUT2D eigenvalue weighted by atomic mass is 31.2. The maximum absolute atomic E-state index is 13.2. The number of Topliss-reactive ketones (excluding diaryl/α,β-unsaturated/α-hetero) is 1. The third-order valence-electron chi connectivity index (χ3n) is 7.09. The number of pyridine rings is 1. The smallest absolute Gasteiger partial charge is 0.319 e. The van der Waals surface area contributed by atoms with Gasteiger partial charge in [-0.3, -0.25) is 24.0 Å². The van der Waals surface area contributed by atoms with E-state index in [9.17, 15) is 19.0 Å². The second-order valence-corrected chi connectivity index (χ2v) is 11.6. The molecule has 2 heterocycles. The Morgan fingerprint density at radius 2 is 1.74 bits per heavy atom. The maximum atomic E-state index is 13.2. The number of carbonyl (C=O) groups is 2. The van der Waals surface area contributed by atoms with Crippen LogP contribution in [0.1, 0.15) is 46.0 Å². The van der Waals surface area contributed by atoms with Crippen molar-refractivity contribution in [2.24, 2.45) is 0 Å². The van der Waals surface area contributed by atoms with Gasteiger partial charge in [0, 0.05) is 55.7 Å². The summed E-state index contributed by atoms with van der Waals surface area (Å²) in [7, 11) is -3.87. The second kappa shape index (κ2) is 11.0. The molecule has 0 bridgehead atoms. The highest BCUT2D eigenvalue weighted by Crippen LogP contribution is 2.52. The number of anilines is 1. The van der Waals surface area contributed by atoms with E-state index in [0.717, 1.165) is 29.4 Å². The Balaban J connectivity index is 1.21. The first-order valence-corrected chi connectivity index (χ1v) is 14.4. The summed E-state index contributed by atoms with van der Waals surface area (Å²) < 4.78 is 13.2. The van der Waals surface area contributed by atoms with Crippen molar-refractivity contribution in [3.05, 3.63) is 94.1 Å². The van der Waals surface area contributed by atoms with Gasteiger partial charge in [-0.1, -0.05) is 36.4 Å². The lowest BCUT2D eigenvalue weighted by atomic mass is 10.0. The zero-order valence-electron chi connectivity index (χ0n) is 21.3. The van der Waals surface area contributed by atoms with E-state index in [4.69, 9.17) is 0 Å². The summed E-state index contributed by atoms with van der Waals surface area (Å²) in [5.41, 5.74) is 2.76. The topological polar surface area (TPSA) is 103 Å². The lowest BCUT2D eigenvalue weighted by Crippen LogP contribution is -2.48. The maximum Gasteiger partial charge on any atom is 0.319 e. The van der Waals surface area contributed by atoms with Crippen LogP contribution >= 0.6 is 7.52 Å². The largest absolute Gasteiger partial charge is 0.336 e. The van der Waals surface area contributed by atoms with Crippen molar-refractivity contribution < 1.29 is 19.0 Å². The van der Waals surface area contributed by atoms with E-state index in [0.29, 0.717) is 54.4 Å². The minimum absolute atomic E-state index is 0.0576. The third kappa shape index (κ3) is 5.63. The van der Waals surface area contributed by atoms with Crippen LogP contribution in [0.15, 0.2) is 66.9 Å². The first-order valence-electron chi connectivity index (χ1n) is 12.8. The van der Waals surface area contributed by atoms with Gasteiger partial charge < -0.3 is 14.9 Å². The number of piperazine rings is 1. The molecule has 2 N–H and O–H groups in total. The Morgan fingerprint density at radius 1 is 1.00 bits per heavy atom. The number of ketones is 1. The number of benzene rings is 2. The van der Waals surface area contributed by atoms with Gasteiger partial charge in [-0.15, -0.1) is 0 Å². The number of hydrogen-bond acceptors (Lipinski definition) is 5. The Kier molecular flexibility index (Phi) is 7.56. The number of rotatable bonds is 7. The van der Waals surface area contributed by atoms with Crippen LogP contribution in [0, 0.1) is 0 Å². The third-order valence-corrected chi connectivity index (χ3v) is 8.81. The Bertz CT molecular complexity index is 1530. The van der Waals surface area contributed by atoms with Gasteiger partial charge in [-0.2, -0.15) is 0 Å². The van der Waals surface area contributed by atoms with Crippen LogP contribution in [0.3, 0.4) is 0 Å². The Hall–Kier alpha value is -3.58. The summed E-state index contributed by atoms with van der Waals surface area (Å²) in [4.78, 5) is 44.3. The fourth-order valence-corrected chi connectivity index (χ4v) is 6.61. The van der Waals surface area contributed by atoms with Crippen molar-refractivity contribution in [2.75, 3.05) is 31.3 Å². The highest BCUT2D eigenvalue weighted by Gasteiger charge is 2.27. The van der Waals surface area contributed by atoms with E-state index in [1.165, 1.54) is 0 Å². The fourth-order valence-electron chi connectivity index (χ4n) is 5.07. The lowest BCUT2D eigenvalue weighted by Gasteiger charge is -2.35. The zero-order valence-corrected chi connectivity index (χ0v) is 22.2. The van der Waals surface area contributed by atoms with Gasteiger partial charge >= 0.3 is 7.52 Å². The summed E-state index contributed by atoms with van der Waals surface area (Å²) in [5.74, 6) is -0.00920. The van der Waals surface area contributed by atoms with Crippen molar-refractivity contribution in [3.63, 3.8) is 0 Å². The summed E-state index contributed by atoms with van der Waals surface area (Å²) in [6.45, 7) is 4.88. The van der Waals surface area contributed by atoms with E-state index < -0.39 is 7.52 Å². The molecule has 3 aromatic rings. The van der Waals surface area contributed by atoms with Crippen molar-refractivity contribution in [3.8, 4) is 0 Å². The molecule has 0 radical (unpaired) electrons. The standard InChI is InChI=1S/C29H31N4O4P/c1-21(34)26-9-3-2-6-24(26)20-32-16-18-33(19-17-32)29(35)23-11-13-25(14-12-23)31-38(36,37)27-10-4-7-22-8-5-15-30-28(22)27/h2-3,5-9,11-15H,4,10,16-20H2,1H3,(H2,31,36,37). The van der Waals surface area contributed by atoms with Crippen molar-refractivity contribution in [1.82, 2.24) is 14.8 Å². The molecule has 1 aromatic heterocycles.